The van der Waals surface area contributed by atoms with E-state index < -0.39 is 5.97 Å². The van der Waals surface area contributed by atoms with Gasteiger partial charge in [0.15, 0.2) is 0 Å². The van der Waals surface area contributed by atoms with Gasteiger partial charge in [-0.3, -0.25) is 0 Å². The second kappa shape index (κ2) is 5.89. The lowest BCUT2D eigenvalue weighted by atomic mass is 10.1. The molecule has 0 spiro atoms. The molecule has 16 heavy (non-hydrogen) atoms. The summed E-state index contributed by atoms with van der Waals surface area (Å²) < 4.78 is 0.777. The number of carboxylic acid groups (broad SMARTS) is 1. The molecule has 0 saturated heterocycles. The molecule has 1 rings (SSSR count). The van der Waals surface area contributed by atoms with Gasteiger partial charge in [-0.15, -0.1) is 0 Å². The quantitative estimate of drug-likeness (QED) is 0.869. The Bertz CT molecular complexity index is 377. The molecule has 0 fully saturated rings. The number of anilines is 1. The highest BCUT2D eigenvalue weighted by Gasteiger charge is 2.05. The maximum Gasteiger partial charge on any atom is 0.335 e. The molecule has 0 saturated carbocycles. The van der Waals surface area contributed by atoms with Crippen LogP contribution in [0.1, 0.15) is 30.6 Å². The van der Waals surface area contributed by atoms with Crippen molar-refractivity contribution in [1.82, 2.24) is 0 Å². The zero-order valence-corrected chi connectivity index (χ0v) is 11.0. The van der Waals surface area contributed by atoms with Crippen molar-refractivity contribution in [3.05, 3.63) is 28.2 Å². The summed E-state index contributed by atoms with van der Waals surface area (Å²) in [5.74, 6) is -0.271. The van der Waals surface area contributed by atoms with E-state index in [-0.39, 0.29) is 0 Å². The van der Waals surface area contributed by atoms with Crippen molar-refractivity contribution in [3.63, 3.8) is 0 Å². The van der Waals surface area contributed by atoms with Crippen LogP contribution in [-0.4, -0.2) is 17.6 Å². The van der Waals surface area contributed by atoms with E-state index in [4.69, 9.17) is 5.11 Å². The van der Waals surface area contributed by atoms with E-state index in [1.165, 1.54) is 0 Å². The molecule has 0 atom stereocenters. The topological polar surface area (TPSA) is 49.3 Å². The Morgan fingerprint density at radius 3 is 2.69 bits per heavy atom. The monoisotopic (exact) mass is 285 g/mol. The first-order valence-electron chi connectivity index (χ1n) is 5.27. The minimum atomic E-state index is -0.909. The van der Waals surface area contributed by atoms with Crippen LogP contribution in [0, 0.1) is 5.92 Å². The normalized spacial score (nSPS) is 10.5. The lowest BCUT2D eigenvalue weighted by Crippen LogP contribution is -2.06. The molecular weight excluding hydrogens is 270 g/mol. The number of hydrogen-bond acceptors (Lipinski definition) is 2. The summed E-state index contributed by atoms with van der Waals surface area (Å²) in [5, 5.41) is 12.1. The molecule has 1 aromatic carbocycles. The van der Waals surface area contributed by atoms with Crippen molar-refractivity contribution >= 4 is 27.6 Å². The van der Waals surface area contributed by atoms with Gasteiger partial charge >= 0.3 is 5.97 Å². The first-order valence-corrected chi connectivity index (χ1v) is 6.06. The Kier molecular flexibility index (Phi) is 4.80. The van der Waals surface area contributed by atoms with Gasteiger partial charge in [-0.25, -0.2) is 4.79 Å². The van der Waals surface area contributed by atoms with E-state index in [1.807, 2.05) is 6.07 Å². The number of benzene rings is 1. The molecule has 2 N–H and O–H groups in total. The van der Waals surface area contributed by atoms with Crippen molar-refractivity contribution in [2.24, 2.45) is 5.92 Å². The number of hydrogen-bond donors (Lipinski definition) is 2. The fourth-order valence-electron chi connectivity index (χ4n) is 1.32. The number of aromatic carboxylic acids is 1. The van der Waals surface area contributed by atoms with E-state index in [2.05, 4.69) is 35.1 Å². The highest BCUT2D eigenvalue weighted by Crippen LogP contribution is 2.20. The maximum atomic E-state index is 10.8. The third-order valence-electron chi connectivity index (χ3n) is 2.20. The average Bonchev–Trinajstić information content (AvgIpc) is 2.16. The summed E-state index contributed by atoms with van der Waals surface area (Å²) in [6.45, 7) is 5.17. The maximum absolute atomic E-state index is 10.8. The largest absolute Gasteiger partial charge is 0.478 e. The Hall–Kier alpha value is -1.03. The van der Waals surface area contributed by atoms with Crippen LogP contribution >= 0.6 is 15.9 Å². The summed E-state index contributed by atoms with van der Waals surface area (Å²) in [7, 11) is 0. The van der Waals surface area contributed by atoms with Crippen LogP contribution in [-0.2, 0) is 0 Å². The Morgan fingerprint density at radius 1 is 1.44 bits per heavy atom. The molecule has 0 aliphatic rings. The molecule has 0 radical (unpaired) electrons. The van der Waals surface area contributed by atoms with Crippen LogP contribution in [0.4, 0.5) is 5.69 Å². The van der Waals surface area contributed by atoms with Crippen molar-refractivity contribution in [3.8, 4) is 0 Å². The van der Waals surface area contributed by atoms with Gasteiger partial charge in [0.05, 0.1) is 5.56 Å². The highest BCUT2D eigenvalue weighted by molar-refractivity contribution is 9.10. The Balaban J connectivity index is 2.69. The number of nitrogens with one attached hydrogen (secondary N) is 1. The van der Waals surface area contributed by atoms with Gasteiger partial charge in [0.1, 0.15) is 0 Å². The van der Waals surface area contributed by atoms with Crippen LogP contribution in [0.3, 0.4) is 0 Å². The van der Waals surface area contributed by atoms with Crippen LogP contribution in [0.25, 0.3) is 0 Å². The SMILES string of the molecule is CC(C)CCNc1cc(Br)cc(C(=O)O)c1. The first kappa shape index (κ1) is 13.0. The zero-order valence-electron chi connectivity index (χ0n) is 9.46. The third-order valence-corrected chi connectivity index (χ3v) is 2.65. The van der Waals surface area contributed by atoms with E-state index >= 15 is 0 Å². The molecule has 0 amide bonds. The van der Waals surface area contributed by atoms with Gasteiger partial charge in [-0.2, -0.15) is 0 Å². The molecular formula is C12H16BrNO2. The molecule has 1 aromatic rings. The van der Waals surface area contributed by atoms with Crippen LogP contribution in [0.2, 0.25) is 0 Å². The fraction of sp³-hybridized carbons (Fsp3) is 0.417. The molecule has 0 heterocycles. The van der Waals surface area contributed by atoms with Crippen LogP contribution in [0.15, 0.2) is 22.7 Å². The van der Waals surface area contributed by atoms with Crippen LogP contribution in [0.5, 0.6) is 0 Å². The van der Waals surface area contributed by atoms with Crippen molar-refractivity contribution in [2.45, 2.75) is 20.3 Å². The molecule has 0 unspecified atom stereocenters. The standard InChI is InChI=1S/C12H16BrNO2/c1-8(2)3-4-14-11-6-9(12(15)16)5-10(13)7-11/h5-8,14H,3-4H2,1-2H3,(H,15,16). The van der Waals surface area contributed by atoms with E-state index in [0.717, 1.165) is 23.1 Å². The second-order valence-electron chi connectivity index (χ2n) is 4.14. The lowest BCUT2D eigenvalue weighted by Gasteiger charge is -2.09. The Morgan fingerprint density at radius 2 is 2.12 bits per heavy atom. The summed E-state index contributed by atoms with van der Waals surface area (Å²) >= 11 is 3.30. The van der Waals surface area contributed by atoms with E-state index in [9.17, 15) is 4.79 Å². The molecule has 4 heteroatoms. The predicted molar refractivity (Wildman–Crippen MR) is 69.0 cm³/mol. The van der Waals surface area contributed by atoms with Crippen molar-refractivity contribution in [1.29, 1.82) is 0 Å². The molecule has 0 aliphatic carbocycles. The average molecular weight is 286 g/mol. The number of carbonyl (C=O) groups is 1. The van der Waals surface area contributed by atoms with Gasteiger partial charge < -0.3 is 10.4 Å². The summed E-state index contributed by atoms with van der Waals surface area (Å²) in [5.41, 5.74) is 1.13. The smallest absolute Gasteiger partial charge is 0.335 e. The molecule has 0 aliphatic heterocycles. The molecule has 88 valence electrons. The third kappa shape index (κ3) is 4.23. The number of rotatable bonds is 5. The van der Waals surface area contributed by atoms with Gasteiger partial charge in [0, 0.05) is 16.7 Å². The molecule has 0 aromatic heterocycles. The minimum absolute atomic E-state index is 0.293. The van der Waals surface area contributed by atoms with E-state index in [1.54, 1.807) is 12.1 Å². The molecule has 3 nitrogen and oxygen atoms in total. The van der Waals surface area contributed by atoms with Gasteiger partial charge in [0.2, 0.25) is 0 Å². The summed E-state index contributed by atoms with van der Waals surface area (Å²) in [6.07, 6.45) is 1.06. The number of carboxylic acids is 1. The van der Waals surface area contributed by atoms with Gasteiger partial charge in [0.25, 0.3) is 0 Å². The van der Waals surface area contributed by atoms with Crippen LogP contribution < -0.4 is 5.32 Å². The van der Waals surface area contributed by atoms with E-state index in [0.29, 0.717) is 11.5 Å². The van der Waals surface area contributed by atoms with Crippen molar-refractivity contribution in [2.75, 3.05) is 11.9 Å². The fourth-order valence-corrected chi connectivity index (χ4v) is 1.81. The van der Waals surface area contributed by atoms with Gasteiger partial charge in [-0.1, -0.05) is 29.8 Å². The van der Waals surface area contributed by atoms with Crippen molar-refractivity contribution < 1.29 is 9.90 Å². The lowest BCUT2D eigenvalue weighted by molar-refractivity contribution is 0.0697. The second-order valence-corrected chi connectivity index (χ2v) is 5.06. The minimum Gasteiger partial charge on any atom is -0.478 e. The van der Waals surface area contributed by atoms with Gasteiger partial charge in [-0.05, 0) is 30.5 Å². The Labute approximate surface area is 104 Å². The predicted octanol–water partition coefficient (Wildman–Crippen LogP) is 3.61. The highest BCUT2D eigenvalue weighted by atomic mass is 79.9. The molecule has 0 bridgehead atoms. The summed E-state index contributed by atoms with van der Waals surface area (Å²) in [4.78, 5) is 10.8. The summed E-state index contributed by atoms with van der Waals surface area (Å²) in [6, 6.07) is 5.12. The first-order chi connectivity index (χ1) is 7.49. The zero-order chi connectivity index (χ0) is 12.1. The number of halogens is 1.